The van der Waals surface area contributed by atoms with Crippen LogP contribution in [0.25, 0.3) is 0 Å². The Morgan fingerprint density at radius 2 is 1.75 bits per heavy atom. The third-order valence-electron chi connectivity index (χ3n) is 3.40. The number of rotatable bonds is 10. The summed E-state index contributed by atoms with van der Waals surface area (Å²) in [6.07, 6.45) is 8.15. The van der Waals surface area contributed by atoms with Crippen LogP contribution in [-0.2, 0) is 11.2 Å². The Balaban J connectivity index is 2.10. The van der Waals surface area contributed by atoms with E-state index < -0.39 is 0 Å². The number of carbonyl (C=O) groups is 1. The van der Waals surface area contributed by atoms with Gasteiger partial charge in [-0.1, -0.05) is 69.4 Å². The number of hydrogen-bond donors (Lipinski definition) is 2. The molecule has 1 atom stereocenters. The molecule has 0 fully saturated rings. The lowest BCUT2D eigenvalue weighted by Crippen LogP contribution is -2.33. The number of thiol groups is 1. The molecule has 0 spiro atoms. The standard InChI is InChI=1S/C17H27NOS/c1-2-3-4-5-6-10-13-18-17(19)16(20)14-15-11-8-7-9-12-15/h7-9,11-12,16,20H,2-6,10,13-14H2,1H3,(H,18,19). The Bertz CT molecular complexity index is 367. The maximum Gasteiger partial charge on any atom is 0.233 e. The highest BCUT2D eigenvalue weighted by atomic mass is 32.1. The third-order valence-corrected chi connectivity index (χ3v) is 3.82. The van der Waals surface area contributed by atoms with Crippen LogP contribution in [0.1, 0.15) is 51.0 Å². The van der Waals surface area contributed by atoms with E-state index in [9.17, 15) is 4.79 Å². The second-order valence-electron chi connectivity index (χ2n) is 5.26. The maximum absolute atomic E-state index is 11.9. The summed E-state index contributed by atoms with van der Waals surface area (Å²) in [6.45, 7) is 3.00. The van der Waals surface area contributed by atoms with Crippen LogP contribution in [0, 0.1) is 0 Å². The molecule has 0 aliphatic rings. The molecule has 0 heterocycles. The molecule has 1 unspecified atom stereocenters. The topological polar surface area (TPSA) is 29.1 Å². The summed E-state index contributed by atoms with van der Waals surface area (Å²) in [7, 11) is 0. The highest BCUT2D eigenvalue weighted by molar-refractivity contribution is 7.81. The number of hydrogen-bond acceptors (Lipinski definition) is 2. The molecule has 1 rings (SSSR count). The van der Waals surface area contributed by atoms with Crippen LogP contribution < -0.4 is 5.32 Å². The molecule has 2 nitrogen and oxygen atoms in total. The zero-order valence-electron chi connectivity index (χ0n) is 12.5. The minimum absolute atomic E-state index is 0.0470. The lowest BCUT2D eigenvalue weighted by molar-refractivity contribution is -0.120. The SMILES string of the molecule is CCCCCCCCNC(=O)C(S)Cc1ccccc1. The minimum Gasteiger partial charge on any atom is -0.355 e. The van der Waals surface area contributed by atoms with Crippen molar-refractivity contribution in [1.29, 1.82) is 0 Å². The zero-order valence-corrected chi connectivity index (χ0v) is 13.4. The van der Waals surface area contributed by atoms with E-state index in [1.165, 1.54) is 32.1 Å². The molecule has 0 aromatic heterocycles. The predicted molar refractivity (Wildman–Crippen MR) is 89.3 cm³/mol. The second-order valence-corrected chi connectivity index (χ2v) is 5.89. The molecule has 1 aromatic carbocycles. The fourth-order valence-corrected chi connectivity index (χ4v) is 2.47. The summed E-state index contributed by atoms with van der Waals surface area (Å²) in [6, 6.07) is 10.0. The molecule has 0 aliphatic heterocycles. The Kier molecular flexibility index (Phi) is 9.22. The smallest absolute Gasteiger partial charge is 0.233 e. The van der Waals surface area contributed by atoms with Gasteiger partial charge in [0, 0.05) is 6.54 Å². The summed E-state index contributed by atoms with van der Waals surface area (Å²) in [5, 5.41) is 2.73. The quantitative estimate of drug-likeness (QED) is 0.495. The second kappa shape index (κ2) is 10.8. The van der Waals surface area contributed by atoms with Gasteiger partial charge in [0.1, 0.15) is 0 Å². The van der Waals surface area contributed by atoms with Gasteiger partial charge in [-0.15, -0.1) is 0 Å². The van der Waals surface area contributed by atoms with Crippen LogP contribution in [0.3, 0.4) is 0 Å². The molecule has 0 bridgehead atoms. The first-order chi connectivity index (χ1) is 9.74. The average Bonchev–Trinajstić information content (AvgIpc) is 2.47. The summed E-state index contributed by atoms with van der Waals surface area (Å²) >= 11 is 4.40. The van der Waals surface area contributed by atoms with E-state index in [-0.39, 0.29) is 11.2 Å². The van der Waals surface area contributed by atoms with Gasteiger partial charge < -0.3 is 5.32 Å². The summed E-state index contributed by atoms with van der Waals surface area (Å²) in [5.74, 6) is 0.0470. The van der Waals surface area contributed by atoms with E-state index in [2.05, 4.69) is 24.9 Å². The maximum atomic E-state index is 11.9. The zero-order chi connectivity index (χ0) is 14.6. The van der Waals surface area contributed by atoms with Crippen molar-refractivity contribution < 1.29 is 4.79 Å². The highest BCUT2D eigenvalue weighted by Crippen LogP contribution is 2.08. The van der Waals surface area contributed by atoms with Gasteiger partial charge >= 0.3 is 0 Å². The van der Waals surface area contributed by atoms with Crippen molar-refractivity contribution in [3.8, 4) is 0 Å². The molecular formula is C17H27NOS. The van der Waals surface area contributed by atoms with Crippen LogP contribution in [0.5, 0.6) is 0 Å². The van der Waals surface area contributed by atoms with Gasteiger partial charge in [-0.2, -0.15) is 12.6 Å². The molecule has 1 amide bonds. The summed E-state index contributed by atoms with van der Waals surface area (Å²) in [4.78, 5) is 11.9. The number of carbonyl (C=O) groups excluding carboxylic acids is 1. The summed E-state index contributed by atoms with van der Waals surface area (Å²) in [5.41, 5.74) is 1.15. The van der Waals surface area contributed by atoms with Crippen molar-refractivity contribution in [1.82, 2.24) is 5.32 Å². The van der Waals surface area contributed by atoms with Gasteiger partial charge in [0.05, 0.1) is 5.25 Å². The first kappa shape index (κ1) is 17.1. The number of benzene rings is 1. The molecule has 3 heteroatoms. The molecule has 20 heavy (non-hydrogen) atoms. The Labute approximate surface area is 128 Å². The van der Waals surface area contributed by atoms with E-state index in [0.717, 1.165) is 18.5 Å². The van der Waals surface area contributed by atoms with Gasteiger partial charge in [0.25, 0.3) is 0 Å². The number of nitrogens with one attached hydrogen (secondary N) is 1. The fraction of sp³-hybridized carbons (Fsp3) is 0.588. The Hall–Kier alpha value is -0.960. The van der Waals surface area contributed by atoms with Crippen LogP contribution in [-0.4, -0.2) is 17.7 Å². The minimum atomic E-state index is -0.252. The van der Waals surface area contributed by atoms with Gasteiger partial charge in [-0.05, 0) is 18.4 Å². The Morgan fingerprint density at radius 3 is 2.45 bits per heavy atom. The first-order valence-corrected chi connectivity index (χ1v) is 8.25. The molecule has 0 aliphatic carbocycles. The van der Waals surface area contributed by atoms with Crippen LogP contribution in [0.4, 0.5) is 0 Å². The molecule has 1 N–H and O–H groups in total. The van der Waals surface area contributed by atoms with Gasteiger partial charge in [0.15, 0.2) is 0 Å². The first-order valence-electron chi connectivity index (χ1n) is 7.73. The van der Waals surface area contributed by atoms with Crippen molar-refractivity contribution in [2.75, 3.05) is 6.54 Å². The fourth-order valence-electron chi connectivity index (χ4n) is 2.16. The van der Waals surface area contributed by atoms with Crippen molar-refractivity contribution in [3.05, 3.63) is 35.9 Å². The van der Waals surface area contributed by atoms with Crippen molar-refractivity contribution >= 4 is 18.5 Å². The summed E-state index contributed by atoms with van der Waals surface area (Å²) < 4.78 is 0. The van der Waals surface area contributed by atoms with Crippen molar-refractivity contribution in [3.63, 3.8) is 0 Å². The van der Waals surface area contributed by atoms with Gasteiger partial charge in [-0.3, -0.25) is 4.79 Å². The van der Waals surface area contributed by atoms with Crippen LogP contribution in [0.2, 0.25) is 0 Å². The van der Waals surface area contributed by atoms with Gasteiger partial charge in [0.2, 0.25) is 5.91 Å². The lowest BCUT2D eigenvalue weighted by atomic mass is 10.1. The van der Waals surface area contributed by atoms with E-state index in [0.29, 0.717) is 6.42 Å². The van der Waals surface area contributed by atoms with Crippen molar-refractivity contribution in [2.24, 2.45) is 0 Å². The highest BCUT2D eigenvalue weighted by Gasteiger charge is 2.13. The van der Waals surface area contributed by atoms with Crippen LogP contribution >= 0.6 is 12.6 Å². The Morgan fingerprint density at radius 1 is 1.10 bits per heavy atom. The normalized spacial score (nSPS) is 12.1. The molecule has 0 saturated heterocycles. The average molecular weight is 293 g/mol. The molecular weight excluding hydrogens is 266 g/mol. The molecule has 1 aromatic rings. The van der Waals surface area contributed by atoms with Gasteiger partial charge in [-0.25, -0.2) is 0 Å². The van der Waals surface area contributed by atoms with E-state index in [1.54, 1.807) is 0 Å². The number of amides is 1. The monoisotopic (exact) mass is 293 g/mol. The van der Waals surface area contributed by atoms with Crippen LogP contribution in [0.15, 0.2) is 30.3 Å². The molecule has 112 valence electrons. The lowest BCUT2D eigenvalue weighted by Gasteiger charge is -2.11. The largest absolute Gasteiger partial charge is 0.355 e. The van der Waals surface area contributed by atoms with Crippen molar-refractivity contribution in [2.45, 2.75) is 57.1 Å². The number of unbranched alkanes of at least 4 members (excludes halogenated alkanes) is 5. The van der Waals surface area contributed by atoms with E-state index in [1.807, 2.05) is 30.3 Å². The third kappa shape index (κ3) is 7.59. The van der Waals surface area contributed by atoms with E-state index in [4.69, 9.17) is 0 Å². The van der Waals surface area contributed by atoms with E-state index >= 15 is 0 Å². The molecule has 0 radical (unpaired) electrons. The predicted octanol–water partition coefficient (Wildman–Crippen LogP) is 4.00. The molecule has 0 saturated carbocycles.